The van der Waals surface area contributed by atoms with Crippen LogP contribution < -0.4 is 15.3 Å². The third kappa shape index (κ3) is 7.51. The number of carbonyl (C=O) groups excluding carboxylic acids is 1. The van der Waals surface area contributed by atoms with Crippen LogP contribution in [0.2, 0.25) is 0 Å². The summed E-state index contributed by atoms with van der Waals surface area (Å²) in [5, 5.41) is 38.5. The number of aliphatic imine (C=N–C) groups is 1. The standard InChI is InChI=1S/C28H39N6O8P/c1-6-19(7-2)15-39-27(37)18(3)33-43(38,42-20-11-9-8-10-12-20)40-16-22-24(35)25(36)28(17-29,41-22)23-14-13-21(26(30)31-4)34(23)32-5/h8-14,18-19,22,24-25,35-36H,5-7,15-16H2,1-4H3,(H2,30,31)(H,33,38)/t18-,22?,24+,25+,28-,43?/m0/s1. The van der Waals surface area contributed by atoms with E-state index in [0.29, 0.717) is 0 Å². The zero-order valence-corrected chi connectivity index (χ0v) is 25.5. The normalized spacial score (nSPS) is 24.2. The van der Waals surface area contributed by atoms with Gasteiger partial charge in [0, 0.05) is 13.8 Å². The van der Waals surface area contributed by atoms with Crippen molar-refractivity contribution in [1.29, 1.82) is 5.26 Å². The summed E-state index contributed by atoms with van der Waals surface area (Å²) >= 11 is 0. The number of aromatic nitrogens is 1. The maximum atomic E-state index is 13.9. The molecule has 43 heavy (non-hydrogen) atoms. The predicted molar refractivity (Wildman–Crippen MR) is 158 cm³/mol. The highest BCUT2D eigenvalue weighted by atomic mass is 31.2. The lowest BCUT2D eigenvalue weighted by Gasteiger charge is -2.26. The number of nitrogens with one attached hydrogen (secondary N) is 1. The number of nitrogens with two attached hydrogens (primary N) is 1. The zero-order valence-electron chi connectivity index (χ0n) is 24.6. The van der Waals surface area contributed by atoms with E-state index >= 15 is 0 Å². The van der Waals surface area contributed by atoms with Crippen LogP contribution >= 0.6 is 7.75 Å². The molecule has 0 radical (unpaired) electrons. The van der Waals surface area contributed by atoms with Gasteiger partial charge in [-0.15, -0.1) is 0 Å². The number of ether oxygens (including phenoxy) is 2. The molecule has 0 saturated carbocycles. The number of hydrogen-bond donors (Lipinski definition) is 4. The number of nitriles is 1. The van der Waals surface area contributed by atoms with Gasteiger partial charge in [0.2, 0.25) is 5.60 Å². The fourth-order valence-electron chi connectivity index (χ4n) is 4.51. The van der Waals surface area contributed by atoms with Crippen molar-refractivity contribution in [1.82, 2.24) is 9.76 Å². The van der Waals surface area contributed by atoms with E-state index < -0.39 is 50.3 Å². The highest BCUT2D eigenvalue weighted by molar-refractivity contribution is 7.52. The second kappa shape index (κ2) is 14.7. The van der Waals surface area contributed by atoms with Gasteiger partial charge in [-0.3, -0.25) is 14.3 Å². The monoisotopic (exact) mass is 618 g/mol. The Bertz CT molecular complexity index is 1370. The molecule has 2 unspecified atom stereocenters. The number of benzene rings is 1. The summed E-state index contributed by atoms with van der Waals surface area (Å²) in [7, 11) is -2.87. The number of carbonyl (C=O) groups is 1. The first kappa shape index (κ1) is 33.9. The van der Waals surface area contributed by atoms with Gasteiger partial charge in [0.1, 0.15) is 47.7 Å². The summed E-state index contributed by atoms with van der Waals surface area (Å²) in [4.78, 5) is 16.6. The molecule has 15 heteroatoms. The average molecular weight is 619 g/mol. The van der Waals surface area contributed by atoms with Gasteiger partial charge in [-0.25, -0.2) is 9.24 Å². The molecule has 2 aromatic rings. The molecular formula is C28H39N6O8P. The fraction of sp³-hybridized carbons (Fsp3) is 0.500. The molecule has 3 rings (SSSR count). The minimum absolute atomic E-state index is 0.0244. The van der Waals surface area contributed by atoms with Crippen LogP contribution in [0.3, 0.4) is 0 Å². The minimum atomic E-state index is -4.33. The Morgan fingerprint density at radius 1 is 1.28 bits per heavy atom. The molecule has 1 aromatic carbocycles. The summed E-state index contributed by atoms with van der Waals surface area (Å²) in [6.45, 7) is 8.53. The van der Waals surface area contributed by atoms with Crippen LogP contribution in [0.5, 0.6) is 5.75 Å². The van der Waals surface area contributed by atoms with Crippen LogP contribution in [0.15, 0.2) is 52.6 Å². The quantitative estimate of drug-likeness (QED) is 0.0987. The highest BCUT2D eigenvalue weighted by Gasteiger charge is 2.58. The molecule has 1 fully saturated rings. The van der Waals surface area contributed by atoms with E-state index in [1.165, 1.54) is 30.8 Å². The third-order valence-electron chi connectivity index (χ3n) is 7.20. The molecule has 234 valence electrons. The lowest BCUT2D eigenvalue weighted by molar-refractivity contribution is -0.146. The number of esters is 1. The Balaban J connectivity index is 1.84. The van der Waals surface area contributed by atoms with Crippen LogP contribution in [0.25, 0.3) is 0 Å². The maximum absolute atomic E-state index is 13.9. The van der Waals surface area contributed by atoms with E-state index in [-0.39, 0.29) is 35.5 Å². The smallest absolute Gasteiger partial charge is 0.459 e. The summed E-state index contributed by atoms with van der Waals surface area (Å²) in [5.41, 5.74) is 4.10. The Morgan fingerprint density at radius 3 is 2.53 bits per heavy atom. The Hall–Kier alpha value is -3.57. The highest BCUT2D eigenvalue weighted by Crippen LogP contribution is 2.47. The molecule has 1 aliphatic rings. The second-order valence-corrected chi connectivity index (χ2v) is 11.7. The van der Waals surface area contributed by atoms with Crippen molar-refractivity contribution in [3.63, 3.8) is 0 Å². The molecule has 5 N–H and O–H groups in total. The Kier molecular flexibility index (Phi) is 11.6. The SMILES string of the molecule is C=Nn1c(C(N)=NC)ccc1[C@]1(C#N)OC(COP(=O)(N[C@@H](C)C(=O)OCC(CC)CC)Oc2ccccc2)[C@@H](O)[C@H]1O. The number of aliphatic hydroxyl groups excluding tert-OH is 2. The first-order chi connectivity index (χ1) is 20.5. The van der Waals surface area contributed by atoms with Gasteiger partial charge in [0.05, 0.1) is 18.9 Å². The first-order valence-corrected chi connectivity index (χ1v) is 15.3. The number of amidine groups is 1. The van der Waals surface area contributed by atoms with E-state index in [2.05, 4.69) is 21.9 Å². The molecule has 14 nitrogen and oxygen atoms in total. The summed E-state index contributed by atoms with van der Waals surface area (Å²) < 4.78 is 37.7. The van der Waals surface area contributed by atoms with Gasteiger partial charge < -0.3 is 29.9 Å². The molecule has 1 aliphatic heterocycles. The van der Waals surface area contributed by atoms with Gasteiger partial charge in [-0.05, 0) is 37.1 Å². The van der Waals surface area contributed by atoms with E-state index in [1.807, 2.05) is 19.9 Å². The maximum Gasteiger partial charge on any atom is 0.459 e. The van der Waals surface area contributed by atoms with Crippen molar-refractivity contribution in [2.24, 2.45) is 21.7 Å². The molecule has 0 aliphatic carbocycles. The zero-order chi connectivity index (χ0) is 31.8. The number of rotatable bonds is 15. The van der Waals surface area contributed by atoms with Gasteiger partial charge in [0.15, 0.2) is 0 Å². The number of aliphatic hydroxyl groups is 2. The molecule has 1 aromatic heterocycles. The molecule has 6 atom stereocenters. The van der Waals surface area contributed by atoms with Crippen LogP contribution in [-0.4, -0.2) is 78.0 Å². The average Bonchev–Trinajstić information content (AvgIpc) is 3.55. The Morgan fingerprint density at radius 2 is 1.95 bits per heavy atom. The largest absolute Gasteiger partial charge is 0.464 e. The van der Waals surface area contributed by atoms with Gasteiger partial charge in [-0.1, -0.05) is 44.9 Å². The molecule has 0 amide bonds. The van der Waals surface area contributed by atoms with Gasteiger partial charge >= 0.3 is 13.7 Å². The molecule has 2 heterocycles. The number of hydrogen-bond acceptors (Lipinski definition) is 11. The van der Waals surface area contributed by atoms with Gasteiger partial charge in [-0.2, -0.15) is 15.5 Å². The molecule has 1 saturated heterocycles. The molecule has 0 spiro atoms. The Labute approximate surface area is 250 Å². The third-order valence-corrected chi connectivity index (χ3v) is 8.85. The fourth-order valence-corrected chi connectivity index (χ4v) is 6.01. The second-order valence-electron chi connectivity index (χ2n) is 9.97. The number of nitrogens with zero attached hydrogens (tertiary/aromatic N) is 4. The minimum Gasteiger partial charge on any atom is -0.464 e. The van der Waals surface area contributed by atoms with E-state index in [0.717, 1.165) is 12.8 Å². The van der Waals surface area contributed by atoms with Gasteiger partial charge in [0.25, 0.3) is 0 Å². The van der Waals surface area contributed by atoms with E-state index in [4.69, 9.17) is 24.3 Å². The molecular weight excluding hydrogens is 579 g/mol. The van der Waals surface area contributed by atoms with Crippen LogP contribution in [0, 0.1) is 17.2 Å². The number of para-hydroxylation sites is 1. The van der Waals surface area contributed by atoms with Crippen LogP contribution in [0.1, 0.15) is 45.0 Å². The van der Waals surface area contributed by atoms with Crippen molar-refractivity contribution >= 4 is 26.3 Å². The van der Waals surface area contributed by atoms with Crippen molar-refractivity contribution in [2.45, 2.75) is 63.6 Å². The van der Waals surface area contributed by atoms with Crippen molar-refractivity contribution in [3.05, 3.63) is 53.9 Å². The summed E-state index contributed by atoms with van der Waals surface area (Å²) in [6.07, 6.45) is -3.15. The van der Waals surface area contributed by atoms with E-state index in [9.17, 15) is 24.8 Å². The molecule has 0 bridgehead atoms. The summed E-state index contributed by atoms with van der Waals surface area (Å²) in [6, 6.07) is 11.9. The summed E-state index contributed by atoms with van der Waals surface area (Å²) in [5.74, 6) is -0.219. The van der Waals surface area contributed by atoms with Crippen molar-refractivity contribution in [3.8, 4) is 11.8 Å². The topological polar surface area (TPSA) is 203 Å². The van der Waals surface area contributed by atoms with Crippen molar-refractivity contribution < 1.29 is 38.1 Å². The lowest BCUT2D eigenvalue weighted by Crippen LogP contribution is -2.41. The van der Waals surface area contributed by atoms with Crippen LogP contribution in [0.4, 0.5) is 0 Å². The lowest BCUT2D eigenvalue weighted by atomic mass is 9.92. The van der Waals surface area contributed by atoms with E-state index in [1.54, 1.807) is 30.3 Å². The van der Waals surface area contributed by atoms with Crippen molar-refractivity contribution in [2.75, 3.05) is 20.3 Å². The predicted octanol–water partition coefficient (Wildman–Crippen LogP) is 2.29. The first-order valence-electron chi connectivity index (χ1n) is 13.8. The van der Waals surface area contributed by atoms with Crippen LogP contribution in [-0.2, 0) is 29.0 Å².